The van der Waals surface area contributed by atoms with E-state index in [0.717, 1.165) is 5.56 Å². The van der Waals surface area contributed by atoms with Crippen LogP contribution >= 0.6 is 0 Å². The molecule has 4 rings (SSSR count). The van der Waals surface area contributed by atoms with Crippen molar-refractivity contribution in [3.8, 4) is 11.5 Å². The summed E-state index contributed by atoms with van der Waals surface area (Å²) in [5.41, 5.74) is 0.856. The summed E-state index contributed by atoms with van der Waals surface area (Å²) in [6.07, 6.45) is 0.856. The molecular weight excluding hydrogens is 294 g/mol. The normalized spacial score (nSPS) is 28.1. The molecule has 2 saturated heterocycles. The molecule has 2 atom stereocenters. The fourth-order valence-corrected chi connectivity index (χ4v) is 5.36. The van der Waals surface area contributed by atoms with Crippen LogP contribution in [0.1, 0.15) is 12.0 Å². The van der Waals surface area contributed by atoms with Crippen molar-refractivity contribution in [2.75, 3.05) is 19.1 Å². The lowest BCUT2D eigenvalue weighted by atomic mass is 10.1. The zero-order valence-electron chi connectivity index (χ0n) is 11.3. The highest BCUT2D eigenvalue weighted by Crippen LogP contribution is 2.35. The first-order valence-electron chi connectivity index (χ1n) is 6.92. The van der Waals surface area contributed by atoms with E-state index in [9.17, 15) is 13.2 Å². The topological polar surface area (TPSA) is 72.9 Å². The molecular formula is C14H15NO5S. The minimum Gasteiger partial charge on any atom is -0.454 e. The molecule has 21 heavy (non-hydrogen) atoms. The van der Waals surface area contributed by atoms with Crippen molar-refractivity contribution in [3.05, 3.63) is 23.8 Å². The third-order valence-corrected chi connectivity index (χ3v) is 6.63. The third kappa shape index (κ3) is 2.07. The lowest BCUT2D eigenvalue weighted by molar-refractivity contribution is -0.131. The largest absolute Gasteiger partial charge is 0.454 e. The number of likely N-dealkylation sites (tertiary alicyclic amines) is 1. The number of ether oxygens (including phenoxy) is 2. The molecule has 1 amide bonds. The molecule has 2 bridgehead atoms. The Kier molecular flexibility index (Phi) is 2.69. The number of carbonyl (C=O) groups is 1. The number of rotatable bonds is 2. The van der Waals surface area contributed by atoms with E-state index in [-0.39, 0.29) is 36.2 Å². The summed E-state index contributed by atoms with van der Waals surface area (Å²) in [7, 11) is -2.97. The van der Waals surface area contributed by atoms with Crippen molar-refractivity contribution in [2.24, 2.45) is 0 Å². The quantitative estimate of drug-likeness (QED) is 0.788. The van der Waals surface area contributed by atoms with Crippen molar-refractivity contribution < 1.29 is 22.7 Å². The Morgan fingerprint density at radius 2 is 2.10 bits per heavy atom. The maximum atomic E-state index is 12.4. The van der Waals surface area contributed by atoms with Crippen molar-refractivity contribution >= 4 is 15.7 Å². The lowest BCUT2D eigenvalue weighted by Crippen LogP contribution is -2.44. The first kappa shape index (κ1) is 12.9. The summed E-state index contributed by atoms with van der Waals surface area (Å²) in [6, 6.07) is 5.31. The molecule has 0 aromatic heterocycles. The van der Waals surface area contributed by atoms with Crippen LogP contribution in [-0.4, -0.2) is 49.6 Å². The van der Waals surface area contributed by atoms with Gasteiger partial charge in [-0.25, -0.2) is 8.42 Å². The molecule has 1 aromatic rings. The third-order valence-electron chi connectivity index (χ3n) is 4.42. The van der Waals surface area contributed by atoms with Gasteiger partial charge in [-0.05, 0) is 24.1 Å². The second-order valence-electron chi connectivity index (χ2n) is 5.75. The van der Waals surface area contributed by atoms with Gasteiger partial charge in [0.05, 0.1) is 17.4 Å². The number of hydrogen-bond acceptors (Lipinski definition) is 5. The average Bonchev–Trinajstić information content (AvgIpc) is 3.09. The molecule has 1 aromatic carbocycles. The molecule has 6 nitrogen and oxygen atoms in total. The molecule has 2 fully saturated rings. The molecule has 3 aliphatic rings. The molecule has 2 unspecified atom stereocenters. The maximum Gasteiger partial charge on any atom is 0.231 e. The molecule has 0 radical (unpaired) electrons. The zero-order valence-corrected chi connectivity index (χ0v) is 12.1. The molecule has 0 spiro atoms. The van der Waals surface area contributed by atoms with Crippen molar-refractivity contribution in [1.82, 2.24) is 4.90 Å². The van der Waals surface area contributed by atoms with E-state index in [1.54, 1.807) is 11.0 Å². The minimum absolute atomic E-state index is 0.0173. The smallest absolute Gasteiger partial charge is 0.231 e. The summed E-state index contributed by atoms with van der Waals surface area (Å²) in [6.45, 7) is 0.552. The number of carbonyl (C=O) groups excluding carboxylic acids is 1. The number of sulfone groups is 1. The van der Waals surface area contributed by atoms with Gasteiger partial charge in [-0.2, -0.15) is 0 Å². The molecule has 7 heteroatoms. The highest BCUT2D eigenvalue weighted by molar-refractivity contribution is 7.92. The molecule has 0 aliphatic carbocycles. The standard InChI is InChI=1S/C14H15NO5S/c16-14(15-6-11-5-10(15)7-21(11,17)18)4-9-1-2-12-13(3-9)20-8-19-12/h1-3,10-11H,4-8H2. The fourth-order valence-electron chi connectivity index (χ4n) is 3.33. The van der Waals surface area contributed by atoms with Gasteiger partial charge < -0.3 is 14.4 Å². The predicted octanol–water partition coefficient (Wildman–Crippen LogP) is 0.356. The average molecular weight is 309 g/mol. The van der Waals surface area contributed by atoms with E-state index in [1.807, 2.05) is 12.1 Å². The second kappa shape index (κ2) is 4.37. The SMILES string of the molecule is O=C(Cc1ccc2c(c1)OCO2)N1CC2CC1CS2(=O)=O. The van der Waals surface area contributed by atoms with E-state index >= 15 is 0 Å². The van der Waals surface area contributed by atoms with Crippen LogP contribution in [0.3, 0.4) is 0 Å². The monoisotopic (exact) mass is 309 g/mol. The van der Waals surface area contributed by atoms with Crippen LogP contribution in [-0.2, 0) is 21.1 Å². The molecule has 0 saturated carbocycles. The van der Waals surface area contributed by atoms with E-state index in [1.165, 1.54) is 0 Å². The van der Waals surface area contributed by atoms with Crippen LogP contribution in [0.4, 0.5) is 0 Å². The highest BCUT2D eigenvalue weighted by Gasteiger charge is 2.49. The van der Waals surface area contributed by atoms with Gasteiger partial charge in [0.1, 0.15) is 0 Å². The predicted molar refractivity (Wildman–Crippen MR) is 74.0 cm³/mol. The Morgan fingerprint density at radius 3 is 2.81 bits per heavy atom. The van der Waals surface area contributed by atoms with Gasteiger partial charge in [-0.3, -0.25) is 4.79 Å². The lowest BCUT2D eigenvalue weighted by Gasteiger charge is -2.27. The Labute approximate surface area is 122 Å². The van der Waals surface area contributed by atoms with Gasteiger partial charge in [-0.15, -0.1) is 0 Å². The summed E-state index contributed by atoms with van der Waals surface area (Å²) < 4.78 is 34.0. The second-order valence-corrected chi connectivity index (χ2v) is 8.08. The van der Waals surface area contributed by atoms with Crippen LogP contribution in [0.5, 0.6) is 11.5 Å². The van der Waals surface area contributed by atoms with E-state index in [4.69, 9.17) is 9.47 Å². The Morgan fingerprint density at radius 1 is 1.29 bits per heavy atom. The number of nitrogens with zero attached hydrogens (tertiary/aromatic N) is 1. The maximum absolute atomic E-state index is 12.4. The Hall–Kier alpha value is -1.76. The number of benzene rings is 1. The first-order valence-corrected chi connectivity index (χ1v) is 8.64. The molecule has 0 N–H and O–H groups in total. The van der Waals surface area contributed by atoms with Crippen LogP contribution in [0.2, 0.25) is 0 Å². The van der Waals surface area contributed by atoms with Crippen LogP contribution in [0, 0.1) is 0 Å². The molecule has 112 valence electrons. The number of amides is 1. The summed E-state index contributed by atoms with van der Waals surface area (Å²) >= 11 is 0. The Balaban J connectivity index is 1.48. The van der Waals surface area contributed by atoms with Crippen LogP contribution in [0.25, 0.3) is 0 Å². The van der Waals surface area contributed by atoms with Crippen LogP contribution in [0.15, 0.2) is 18.2 Å². The first-order chi connectivity index (χ1) is 10.0. The van der Waals surface area contributed by atoms with Crippen molar-refractivity contribution in [2.45, 2.75) is 24.1 Å². The van der Waals surface area contributed by atoms with Crippen LogP contribution < -0.4 is 9.47 Å². The van der Waals surface area contributed by atoms with E-state index in [0.29, 0.717) is 24.5 Å². The van der Waals surface area contributed by atoms with Gasteiger partial charge in [-0.1, -0.05) is 6.07 Å². The highest BCUT2D eigenvalue weighted by atomic mass is 32.2. The summed E-state index contributed by atoms with van der Waals surface area (Å²) in [5, 5.41) is -0.358. The van der Waals surface area contributed by atoms with Gasteiger partial charge in [0.25, 0.3) is 0 Å². The summed E-state index contributed by atoms with van der Waals surface area (Å²) in [5.74, 6) is 1.45. The Bertz CT molecular complexity index is 714. The van der Waals surface area contributed by atoms with Crippen molar-refractivity contribution in [1.29, 1.82) is 0 Å². The number of fused-ring (bicyclic) bond motifs is 3. The van der Waals surface area contributed by atoms with E-state index in [2.05, 4.69) is 0 Å². The van der Waals surface area contributed by atoms with Gasteiger partial charge in [0.2, 0.25) is 12.7 Å². The van der Waals surface area contributed by atoms with Gasteiger partial charge in [0.15, 0.2) is 21.3 Å². The molecule has 3 heterocycles. The minimum atomic E-state index is -2.97. The molecule has 3 aliphatic heterocycles. The zero-order chi connectivity index (χ0) is 14.6. The number of hydrogen-bond donors (Lipinski definition) is 0. The van der Waals surface area contributed by atoms with Gasteiger partial charge in [0, 0.05) is 12.6 Å². The fraction of sp³-hybridized carbons (Fsp3) is 0.500. The van der Waals surface area contributed by atoms with E-state index < -0.39 is 9.84 Å². The van der Waals surface area contributed by atoms with Gasteiger partial charge >= 0.3 is 0 Å². The van der Waals surface area contributed by atoms with Crippen molar-refractivity contribution in [3.63, 3.8) is 0 Å². The summed E-state index contributed by atoms with van der Waals surface area (Å²) in [4.78, 5) is 14.1.